The number of hydrogen-bond acceptors (Lipinski definition) is 2. The summed E-state index contributed by atoms with van der Waals surface area (Å²) in [6.45, 7) is 8.73. The zero-order valence-corrected chi connectivity index (χ0v) is 17.0. The third-order valence-corrected chi connectivity index (χ3v) is 4.58. The zero-order valence-electron chi connectivity index (χ0n) is 16.3. The molecule has 0 radical (unpaired) electrons. The lowest BCUT2D eigenvalue weighted by molar-refractivity contribution is -0.117. The Bertz CT molecular complexity index is 956. The smallest absolute Gasteiger partial charge is 0.224 e. The Labute approximate surface area is 165 Å². The Hall–Kier alpha value is -2.33. The van der Waals surface area contributed by atoms with Crippen LogP contribution in [-0.2, 0) is 4.79 Å². The van der Waals surface area contributed by atoms with Gasteiger partial charge in [0.1, 0.15) is 5.65 Å². The van der Waals surface area contributed by atoms with Crippen molar-refractivity contribution in [3.63, 3.8) is 0 Å². The lowest BCUT2D eigenvalue weighted by Crippen LogP contribution is -2.18. The number of halogens is 1. The first-order valence-electron chi connectivity index (χ1n) is 9.24. The number of rotatable bonds is 5. The van der Waals surface area contributed by atoms with E-state index in [4.69, 9.17) is 11.6 Å². The minimum atomic E-state index is 0.0469. The molecule has 0 aliphatic heterocycles. The van der Waals surface area contributed by atoms with Crippen molar-refractivity contribution >= 4 is 28.8 Å². The van der Waals surface area contributed by atoms with Crippen LogP contribution in [0.2, 0.25) is 5.02 Å². The van der Waals surface area contributed by atoms with E-state index in [9.17, 15) is 4.79 Å². The normalized spacial score (nSPS) is 12.9. The second kappa shape index (κ2) is 7.73. The van der Waals surface area contributed by atoms with Gasteiger partial charge in [0.2, 0.25) is 5.91 Å². The average molecular weight is 384 g/mol. The van der Waals surface area contributed by atoms with Crippen molar-refractivity contribution in [2.75, 3.05) is 5.32 Å². The number of carbonyl (C=O) groups is 1. The molecule has 0 spiro atoms. The van der Waals surface area contributed by atoms with Gasteiger partial charge in [0.05, 0.1) is 10.7 Å². The van der Waals surface area contributed by atoms with E-state index < -0.39 is 0 Å². The molecule has 0 fully saturated rings. The number of hydrogen-bond donors (Lipinski definition) is 1. The van der Waals surface area contributed by atoms with Crippen molar-refractivity contribution in [2.45, 2.75) is 40.5 Å². The molecule has 1 unspecified atom stereocenters. The van der Waals surface area contributed by atoms with Crippen LogP contribution < -0.4 is 5.32 Å². The third-order valence-electron chi connectivity index (χ3n) is 4.35. The van der Waals surface area contributed by atoms with Gasteiger partial charge in [-0.3, -0.25) is 4.79 Å². The summed E-state index contributed by atoms with van der Waals surface area (Å²) in [5.74, 6) is 0.391. The zero-order chi connectivity index (χ0) is 19.6. The summed E-state index contributed by atoms with van der Waals surface area (Å²) >= 11 is 6.04. The molecule has 0 aliphatic carbocycles. The fraction of sp³-hybridized carbons (Fsp3) is 0.364. The number of amides is 1. The van der Waals surface area contributed by atoms with Gasteiger partial charge in [-0.05, 0) is 42.0 Å². The van der Waals surface area contributed by atoms with Crippen molar-refractivity contribution in [1.29, 1.82) is 0 Å². The maximum absolute atomic E-state index is 12.4. The molecule has 1 amide bonds. The van der Waals surface area contributed by atoms with Gasteiger partial charge >= 0.3 is 0 Å². The number of aromatic nitrogens is 2. The molecule has 2 heterocycles. The SMILES string of the molecule is CC(CC(=O)Nc1cccc(-c2cn3cc(Cl)ccc3n2)c1)CC(C)(C)C. The number of imidazole rings is 1. The Kier molecular flexibility index (Phi) is 5.56. The van der Waals surface area contributed by atoms with Gasteiger partial charge in [0.25, 0.3) is 0 Å². The van der Waals surface area contributed by atoms with Gasteiger partial charge < -0.3 is 9.72 Å². The molecular weight excluding hydrogens is 358 g/mol. The summed E-state index contributed by atoms with van der Waals surface area (Å²) in [6.07, 6.45) is 5.31. The summed E-state index contributed by atoms with van der Waals surface area (Å²) in [4.78, 5) is 17.0. The molecule has 1 aromatic carbocycles. The third kappa shape index (κ3) is 5.33. The van der Waals surface area contributed by atoms with Crippen LogP contribution in [0.25, 0.3) is 16.9 Å². The van der Waals surface area contributed by atoms with Crippen LogP contribution >= 0.6 is 11.6 Å². The Morgan fingerprint density at radius 2 is 2.00 bits per heavy atom. The molecule has 27 heavy (non-hydrogen) atoms. The van der Waals surface area contributed by atoms with Crippen LogP contribution in [0.4, 0.5) is 5.69 Å². The van der Waals surface area contributed by atoms with Gasteiger partial charge in [-0.25, -0.2) is 4.98 Å². The molecule has 1 atom stereocenters. The Morgan fingerprint density at radius 1 is 1.22 bits per heavy atom. The van der Waals surface area contributed by atoms with Gasteiger partial charge in [-0.2, -0.15) is 0 Å². The molecule has 0 bridgehead atoms. The molecule has 0 aliphatic rings. The Morgan fingerprint density at radius 3 is 2.74 bits per heavy atom. The summed E-state index contributed by atoms with van der Waals surface area (Å²) in [7, 11) is 0. The molecule has 5 heteroatoms. The van der Waals surface area contributed by atoms with Crippen LogP contribution in [0.1, 0.15) is 40.5 Å². The topological polar surface area (TPSA) is 46.4 Å². The fourth-order valence-corrected chi connectivity index (χ4v) is 3.67. The van der Waals surface area contributed by atoms with Crippen molar-refractivity contribution in [2.24, 2.45) is 11.3 Å². The number of benzene rings is 1. The predicted octanol–water partition coefficient (Wildman–Crippen LogP) is 6.06. The first-order chi connectivity index (χ1) is 12.7. The maximum Gasteiger partial charge on any atom is 0.224 e. The van der Waals surface area contributed by atoms with Crippen LogP contribution in [0.3, 0.4) is 0 Å². The van der Waals surface area contributed by atoms with Crippen molar-refractivity contribution < 1.29 is 4.79 Å². The van der Waals surface area contributed by atoms with Crippen LogP contribution in [-0.4, -0.2) is 15.3 Å². The van der Waals surface area contributed by atoms with Crippen molar-refractivity contribution in [3.05, 3.63) is 53.8 Å². The van der Waals surface area contributed by atoms with Crippen molar-refractivity contribution in [1.82, 2.24) is 9.38 Å². The average Bonchev–Trinajstić information content (AvgIpc) is 2.96. The highest BCUT2D eigenvalue weighted by molar-refractivity contribution is 6.30. The lowest BCUT2D eigenvalue weighted by atomic mass is 9.84. The van der Waals surface area contributed by atoms with E-state index in [1.807, 2.05) is 53.2 Å². The molecule has 3 aromatic rings. The molecular formula is C22H26ClN3O. The minimum Gasteiger partial charge on any atom is -0.326 e. The fourth-order valence-electron chi connectivity index (χ4n) is 3.51. The van der Waals surface area contributed by atoms with E-state index in [1.54, 1.807) is 0 Å². The second-order valence-electron chi connectivity index (χ2n) is 8.44. The lowest BCUT2D eigenvalue weighted by Gasteiger charge is -2.22. The number of nitrogens with zero attached hydrogens (tertiary/aromatic N) is 2. The van der Waals surface area contributed by atoms with E-state index in [0.717, 1.165) is 29.0 Å². The quantitative estimate of drug-likeness (QED) is 0.582. The summed E-state index contributed by atoms with van der Waals surface area (Å²) in [5, 5.41) is 3.68. The van der Waals surface area contributed by atoms with Crippen molar-refractivity contribution in [3.8, 4) is 11.3 Å². The highest BCUT2D eigenvalue weighted by atomic mass is 35.5. The van der Waals surface area contributed by atoms with Gasteiger partial charge in [-0.15, -0.1) is 0 Å². The molecule has 0 saturated heterocycles. The number of pyridine rings is 1. The number of anilines is 1. The van der Waals surface area contributed by atoms with Gasteiger partial charge in [-0.1, -0.05) is 51.4 Å². The van der Waals surface area contributed by atoms with E-state index in [-0.39, 0.29) is 11.3 Å². The highest BCUT2D eigenvalue weighted by Crippen LogP contribution is 2.27. The van der Waals surface area contributed by atoms with Gasteiger partial charge in [0, 0.05) is 30.1 Å². The molecule has 3 rings (SSSR count). The molecule has 1 N–H and O–H groups in total. The summed E-state index contributed by atoms with van der Waals surface area (Å²) in [5.41, 5.74) is 3.64. The molecule has 142 valence electrons. The van der Waals surface area contributed by atoms with Crippen LogP contribution in [0, 0.1) is 11.3 Å². The second-order valence-corrected chi connectivity index (χ2v) is 8.88. The van der Waals surface area contributed by atoms with E-state index in [0.29, 0.717) is 17.4 Å². The van der Waals surface area contributed by atoms with E-state index in [1.165, 1.54) is 0 Å². The monoisotopic (exact) mass is 383 g/mol. The van der Waals surface area contributed by atoms with E-state index >= 15 is 0 Å². The largest absolute Gasteiger partial charge is 0.326 e. The molecule has 4 nitrogen and oxygen atoms in total. The summed E-state index contributed by atoms with van der Waals surface area (Å²) in [6, 6.07) is 11.5. The Balaban J connectivity index is 1.72. The van der Waals surface area contributed by atoms with E-state index in [2.05, 4.69) is 38.0 Å². The molecule has 2 aromatic heterocycles. The van der Waals surface area contributed by atoms with Crippen LogP contribution in [0.5, 0.6) is 0 Å². The molecule has 0 saturated carbocycles. The van der Waals surface area contributed by atoms with Crippen LogP contribution in [0.15, 0.2) is 48.8 Å². The first kappa shape index (κ1) is 19.4. The summed E-state index contributed by atoms with van der Waals surface area (Å²) < 4.78 is 1.90. The minimum absolute atomic E-state index is 0.0469. The number of carbonyl (C=O) groups excluding carboxylic acids is 1. The highest BCUT2D eigenvalue weighted by Gasteiger charge is 2.18. The maximum atomic E-state index is 12.4. The standard InChI is InChI=1S/C22H26ClN3O/c1-15(12-22(2,3)4)10-21(27)24-18-7-5-6-16(11-18)19-14-26-13-17(23)8-9-20(26)25-19/h5-9,11,13-15H,10,12H2,1-4H3,(H,24,27). The number of fused-ring (bicyclic) bond motifs is 1. The van der Waals surface area contributed by atoms with Gasteiger partial charge in [0.15, 0.2) is 0 Å². The number of nitrogens with one attached hydrogen (secondary N) is 1. The first-order valence-corrected chi connectivity index (χ1v) is 9.62. The predicted molar refractivity (Wildman–Crippen MR) is 112 cm³/mol.